The minimum Gasteiger partial charge on any atom is -0.462 e. The van der Waals surface area contributed by atoms with Crippen LogP contribution in [0.4, 0.5) is 5.00 Å². The lowest BCUT2D eigenvalue weighted by Crippen LogP contribution is -2.16. The highest BCUT2D eigenvalue weighted by molar-refractivity contribution is 8.00. The molecule has 0 aliphatic rings. The number of carbonyl (C=O) groups excluding carboxylic acids is 2. The lowest BCUT2D eigenvalue weighted by molar-refractivity contribution is -0.113. The number of hydrogen-bond acceptors (Lipinski definition) is 5. The van der Waals surface area contributed by atoms with E-state index >= 15 is 0 Å². The Morgan fingerprint density at radius 2 is 1.91 bits per heavy atom. The van der Waals surface area contributed by atoms with Crippen LogP contribution in [0.15, 0.2) is 35.2 Å². The van der Waals surface area contributed by atoms with E-state index < -0.39 is 0 Å². The summed E-state index contributed by atoms with van der Waals surface area (Å²) in [4.78, 5) is 26.3. The highest BCUT2D eigenvalue weighted by Gasteiger charge is 2.21. The van der Waals surface area contributed by atoms with Crippen LogP contribution < -0.4 is 5.32 Å². The van der Waals surface area contributed by atoms with Crippen molar-refractivity contribution in [2.75, 3.05) is 17.7 Å². The van der Waals surface area contributed by atoms with Gasteiger partial charge in [0.15, 0.2) is 0 Å². The second-order valence-corrected chi connectivity index (χ2v) is 7.13. The Morgan fingerprint density at radius 3 is 2.57 bits per heavy atom. The van der Waals surface area contributed by atoms with Crippen LogP contribution >= 0.6 is 23.1 Å². The van der Waals surface area contributed by atoms with E-state index in [4.69, 9.17) is 4.74 Å². The SMILES string of the molecule is CCOC(=O)c1c(NC(=O)CSc2ccccc2)sc(C)c1C. The van der Waals surface area contributed by atoms with Crippen LogP contribution in [0.2, 0.25) is 0 Å². The Kier molecular flexibility index (Phi) is 6.24. The van der Waals surface area contributed by atoms with Gasteiger partial charge in [-0.1, -0.05) is 18.2 Å². The number of rotatable bonds is 6. The summed E-state index contributed by atoms with van der Waals surface area (Å²) in [5.74, 6) is -0.228. The standard InChI is InChI=1S/C17H19NO3S2/c1-4-21-17(20)15-11(2)12(3)23-16(15)18-14(19)10-22-13-8-6-5-7-9-13/h5-9H,4,10H2,1-3H3,(H,18,19). The van der Waals surface area contributed by atoms with Crippen molar-refractivity contribution in [3.8, 4) is 0 Å². The molecule has 0 saturated heterocycles. The molecule has 1 amide bonds. The first-order chi connectivity index (χ1) is 11.0. The maximum absolute atomic E-state index is 12.2. The fraction of sp³-hybridized carbons (Fsp3) is 0.294. The Balaban J connectivity index is 2.06. The van der Waals surface area contributed by atoms with Crippen molar-refractivity contribution in [3.63, 3.8) is 0 Å². The average molecular weight is 349 g/mol. The first-order valence-corrected chi connectivity index (χ1v) is 9.08. The van der Waals surface area contributed by atoms with E-state index in [2.05, 4.69) is 5.32 Å². The zero-order valence-corrected chi connectivity index (χ0v) is 15.0. The molecule has 0 aliphatic heterocycles. The maximum Gasteiger partial charge on any atom is 0.341 e. The first-order valence-electron chi connectivity index (χ1n) is 7.27. The second-order valence-electron chi connectivity index (χ2n) is 4.86. The van der Waals surface area contributed by atoms with Gasteiger partial charge in [-0.2, -0.15) is 0 Å². The van der Waals surface area contributed by atoms with Gasteiger partial charge in [-0.3, -0.25) is 4.79 Å². The van der Waals surface area contributed by atoms with Crippen molar-refractivity contribution < 1.29 is 14.3 Å². The number of carbonyl (C=O) groups is 2. The molecular weight excluding hydrogens is 330 g/mol. The number of esters is 1. The molecule has 0 bridgehead atoms. The Hall–Kier alpha value is -1.79. The third-order valence-corrected chi connectivity index (χ3v) is 5.37. The summed E-state index contributed by atoms with van der Waals surface area (Å²) in [5.41, 5.74) is 1.33. The van der Waals surface area contributed by atoms with E-state index in [9.17, 15) is 9.59 Å². The second kappa shape index (κ2) is 8.17. The normalized spacial score (nSPS) is 10.4. The Bertz CT molecular complexity index is 695. The quantitative estimate of drug-likeness (QED) is 0.625. The van der Waals surface area contributed by atoms with Crippen molar-refractivity contribution >= 4 is 40.0 Å². The Labute approximate surface area is 144 Å². The van der Waals surface area contributed by atoms with E-state index in [1.54, 1.807) is 6.92 Å². The number of benzene rings is 1. The van der Waals surface area contributed by atoms with Gasteiger partial charge < -0.3 is 10.1 Å². The predicted molar refractivity (Wildman–Crippen MR) is 95.5 cm³/mol. The number of ether oxygens (including phenoxy) is 1. The molecule has 0 aliphatic carbocycles. The molecule has 1 heterocycles. The van der Waals surface area contributed by atoms with Gasteiger partial charge in [0.05, 0.1) is 17.9 Å². The van der Waals surface area contributed by atoms with Crippen LogP contribution in [0.1, 0.15) is 27.7 Å². The van der Waals surface area contributed by atoms with Gasteiger partial charge in [0.25, 0.3) is 0 Å². The molecule has 0 radical (unpaired) electrons. The molecule has 1 aromatic heterocycles. The molecule has 0 unspecified atom stereocenters. The van der Waals surface area contributed by atoms with Crippen LogP contribution in [0, 0.1) is 13.8 Å². The molecule has 0 fully saturated rings. The van der Waals surface area contributed by atoms with Crippen molar-refractivity contribution in [1.82, 2.24) is 0 Å². The molecule has 0 atom stereocenters. The van der Waals surface area contributed by atoms with Crippen LogP contribution in [0.3, 0.4) is 0 Å². The molecule has 23 heavy (non-hydrogen) atoms. The average Bonchev–Trinajstić information content (AvgIpc) is 2.81. The molecule has 122 valence electrons. The van der Waals surface area contributed by atoms with E-state index in [1.165, 1.54) is 23.1 Å². The summed E-state index contributed by atoms with van der Waals surface area (Å²) in [5, 5.41) is 3.41. The van der Waals surface area contributed by atoms with Gasteiger partial charge in [-0.25, -0.2) is 4.79 Å². The Morgan fingerprint density at radius 1 is 1.22 bits per heavy atom. The van der Waals surface area contributed by atoms with Crippen molar-refractivity contribution in [3.05, 3.63) is 46.3 Å². The molecule has 1 N–H and O–H groups in total. The number of amides is 1. The third-order valence-electron chi connectivity index (χ3n) is 3.23. The zero-order valence-electron chi connectivity index (χ0n) is 13.3. The van der Waals surface area contributed by atoms with Gasteiger partial charge in [-0.05, 0) is 38.5 Å². The van der Waals surface area contributed by atoms with Gasteiger partial charge >= 0.3 is 5.97 Å². The number of anilines is 1. The van der Waals surface area contributed by atoms with Crippen molar-refractivity contribution in [1.29, 1.82) is 0 Å². The van der Waals surface area contributed by atoms with Crippen LogP contribution in [-0.4, -0.2) is 24.2 Å². The van der Waals surface area contributed by atoms with E-state index in [0.29, 0.717) is 22.9 Å². The maximum atomic E-state index is 12.2. The lowest BCUT2D eigenvalue weighted by atomic mass is 10.1. The molecule has 6 heteroatoms. The van der Waals surface area contributed by atoms with Crippen LogP contribution in [0.25, 0.3) is 0 Å². The van der Waals surface area contributed by atoms with Gasteiger partial charge in [-0.15, -0.1) is 23.1 Å². The van der Waals surface area contributed by atoms with Crippen LogP contribution in [0.5, 0.6) is 0 Å². The van der Waals surface area contributed by atoms with E-state index in [-0.39, 0.29) is 11.9 Å². The first kappa shape index (κ1) is 17.6. The molecular formula is C17H19NO3S2. The minimum atomic E-state index is -0.389. The monoisotopic (exact) mass is 349 g/mol. The molecule has 4 nitrogen and oxygen atoms in total. The summed E-state index contributed by atoms with van der Waals surface area (Å²) in [6, 6.07) is 9.73. The number of aryl methyl sites for hydroxylation is 1. The minimum absolute atomic E-state index is 0.134. The summed E-state index contributed by atoms with van der Waals surface area (Å²) in [6.45, 7) is 5.87. The summed E-state index contributed by atoms with van der Waals surface area (Å²) < 4.78 is 5.08. The molecule has 2 aromatic rings. The van der Waals surface area contributed by atoms with Crippen LogP contribution in [-0.2, 0) is 9.53 Å². The van der Waals surface area contributed by atoms with E-state index in [1.807, 2.05) is 44.2 Å². The fourth-order valence-corrected chi connectivity index (χ4v) is 3.78. The lowest BCUT2D eigenvalue weighted by Gasteiger charge is -2.07. The summed E-state index contributed by atoms with van der Waals surface area (Å²) in [7, 11) is 0. The summed E-state index contributed by atoms with van der Waals surface area (Å²) >= 11 is 2.86. The topological polar surface area (TPSA) is 55.4 Å². The van der Waals surface area contributed by atoms with E-state index in [0.717, 1.165) is 15.3 Å². The highest BCUT2D eigenvalue weighted by atomic mass is 32.2. The fourth-order valence-electron chi connectivity index (χ4n) is 1.99. The van der Waals surface area contributed by atoms with Gasteiger partial charge in [0, 0.05) is 9.77 Å². The third kappa shape index (κ3) is 4.59. The van der Waals surface area contributed by atoms with Crippen molar-refractivity contribution in [2.45, 2.75) is 25.7 Å². The zero-order chi connectivity index (χ0) is 16.8. The predicted octanol–water partition coefficient (Wildman–Crippen LogP) is 4.27. The molecule has 1 aromatic carbocycles. The van der Waals surface area contributed by atoms with Crippen molar-refractivity contribution in [2.24, 2.45) is 0 Å². The summed E-state index contributed by atoms with van der Waals surface area (Å²) in [6.07, 6.45) is 0. The number of hydrogen-bond donors (Lipinski definition) is 1. The number of thioether (sulfide) groups is 1. The number of thiophene rings is 1. The highest BCUT2D eigenvalue weighted by Crippen LogP contribution is 2.33. The van der Waals surface area contributed by atoms with Gasteiger partial charge in [0.2, 0.25) is 5.91 Å². The molecule has 0 saturated carbocycles. The molecule has 0 spiro atoms. The van der Waals surface area contributed by atoms with Gasteiger partial charge in [0.1, 0.15) is 5.00 Å². The smallest absolute Gasteiger partial charge is 0.341 e. The molecule has 2 rings (SSSR count). The largest absolute Gasteiger partial charge is 0.462 e. The number of nitrogens with one attached hydrogen (secondary N) is 1.